The van der Waals surface area contributed by atoms with E-state index in [2.05, 4.69) is 39.7 Å². The Balaban J connectivity index is 1.33. The van der Waals surface area contributed by atoms with E-state index in [-0.39, 0.29) is 11.7 Å². The first kappa shape index (κ1) is 18.0. The van der Waals surface area contributed by atoms with Crippen molar-refractivity contribution < 1.29 is 9.18 Å². The van der Waals surface area contributed by atoms with Gasteiger partial charge in [-0.25, -0.2) is 4.39 Å². The molecule has 2 aliphatic rings. The molecule has 2 fully saturated rings. The quantitative estimate of drug-likeness (QED) is 0.829. The van der Waals surface area contributed by atoms with Crippen molar-refractivity contribution in [2.45, 2.75) is 18.9 Å². The SMILES string of the molecule is Cn1cccc1[C@H]1CCCN1CC(=O)N1CCN(c2ccc(F)cc2)CC1. The number of carbonyl (C=O) groups is 1. The number of piperazine rings is 1. The fourth-order valence-electron chi connectivity index (χ4n) is 4.31. The lowest BCUT2D eigenvalue weighted by Crippen LogP contribution is -2.51. The fourth-order valence-corrected chi connectivity index (χ4v) is 4.31. The molecule has 5 nitrogen and oxygen atoms in total. The van der Waals surface area contributed by atoms with E-state index in [1.807, 2.05) is 17.0 Å². The summed E-state index contributed by atoms with van der Waals surface area (Å²) in [6.45, 7) is 4.50. The van der Waals surface area contributed by atoms with Crippen LogP contribution in [0.1, 0.15) is 24.6 Å². The van der Waals surface area contributed by atoms with E-state index in [0.717, 1.165) is 51.3 Å². The number of hydrogen-bond acceptors (Lipinski definition) is 3. The van der Waals surface area contributed by atoms with Crippen LogP contribution in [0.4, 0.5) is 10.1 Å². The zero-order valence-corrected chi connectivity index (χ0v) is 15.9. The minimum absolute atomic E-state index is 0.217. The highest BCUT2D eigenvalue weighted by Gasteiger charge is 2.31. The van der Waals surface area contributed by atoms with E-state index >= 15 is 0 Å². The van der Waals surface area contributed by atoms with Crippen molar-refractivity contribution in [3.63, 3.8) is 0 Å². The molecule has 144 valence electrons. The first-order chi connectivity index (χ1) is 13.1. The Kier molecular flexibility index (Phi) is 5.16. The zero-order chi connectivity index (χ0) is 18.8. The summed E-state index contributed by atoms with van der Waals surface area (Å²) in [5.74, 6) is 0.000758. The molecule has 3 heterocycles. The largest absolute Gasteiger partial charge is 0.368 e. The van der Waals surface area contributed by atoms with Crippen LogP contribution in [0.15, 0.2) is 42.6 Å². The fraction of sp³-hybridized carbons (Fsp3) is 0.476. The van der Waals surface area contributed by atoms with E-state index in [4.69, 9.17) is 0 Å². The lowest BCUT2D eigenvalue weighted by Gasteiger charge is -2.37. The molecule has 0 saturated carbocycles. The van der Waals surface area contributed by atoms with Gasteiger partial charge in [-0.05, 0) is 55.8 Å². The third-order valence-electron chi connectivity index (χ3n) is 5.85. The Labute approximate surface area is 160 Å². The number of carbonyl (C=O) groups excluding carboxylic acids is 1. The van der Waals surface area contributed by atoms with Crippen LogP contribution >= 0.6 is 0 Å². The maximum Gasteiger partial charge on any atom is 0.236 e. The molecule has 2 aliphatic heterocycles. The average Bonchev–Trinajstić information content (AvgIpc) is 3.31. The van der Waals surface area contributed by atoms with Crippen LogP contribution in [0.5, 0.6) is 0 Å². The van der Waals surface area contributed by atoms with Gasteiger partial charge in [0.15, 0.2) is 0 Å². The lowest BCUT2D eigenvalue weighted by molar-refractivity contribution is -0.133. The summed E-state index contributed by atoms with van der Waals surface area (Å²) >= 11 is 0. The number of anilines is 1. The molecular formula is C21H27FN4O. The first-order valence-electron chi connectivity index (χ1n) is 9.75. The molecule has 0 radical (unpaired) electrons. The molecule has 27 heavy (non-hydrogen) atoms. The van der Waals surface area contributed by atoms with Crippen LogP contribution in [0, 0.1) is 5.82 Å². The van der Waals surface area contributed by atoms with E-state index < -0.39 is 0 Å². The van der Waals surface area contributed by atoms with E-state index in [1.54, 1.807) is 0 Å². The molecule has 0 bridgehead atoms. The number of hydrogen-bond donors (Lipinski definition) is 0. The van der Waals surface area contributed by atoms with Gasteiger partial charge in [-0.15, -0.1) is 0 Å². The van der Waals surface area contributed by atoms with E-state index in [0.29, 0.717) is 12.6 Å². The molecule has 0 unspecified atom stereocenters. The maximum atomic E-state index is 13.1. The number of aromatic nitrogens is 1. The molecule has 4 rings (SSSR count). The molecule has 1 amide bonds. The molecule has 1 aromatic carbocycles. The van der Waals surface area contributed by atoms with Crippen LogP contribution in [0.3, 0.4) is 0 Å². The van der Waals surface area contributed by atoms with Crippen molar-refractivity contribution in [1.29, 1.82) is 0 Å². The van der Waals surface area contributed by atoms with Crippen LogP contribution in [-0.2, 0) is 11.8 Å². The van der Waals surface area contributed by atoms with Gasteiger partial charge in [0.05, 0.1) is 12.6 Å². The highest BCUT2D eigenvalue weighted by Crippen LogP contribution is 2.31. The number of benzene rings is 1. The summed E-state index contributed by atoms with van der Waals surface area (Å²) in [5.41, 5.74) is 2.31. The number of amides is 1. The Morgan fingerprint density at radius 1 is 1.07 bits per heavy atom. The summed E-state index contributed by atoms with van der Waals surface area (Å²) in [5, 5.41) is 0. The second kappa shape index (κ2) is 7.72. The van der Waals surface area contributed by atoms with Crippen molar-refractivity contribution in [3.05, 3.63) is 54.1 Å². The molecule has 1 atom stereocenters. The molecule has 0 N–H and O–H groups in total. The van der Waals surface area contributed by atoms with Gasteiger partial charge in [0.1, 0.15) is 5.82 Å². The zero-order valence-electron chi connectivity index (χ0n) is 15.9. The average molecular weight is 370 g/mol. The van der Waals surface area contributed by atoms with Crippen molar-refractivity contribution in [2.24, 2.45) is 7.05 Å². The molecular weight excluding hydrogens is 343 g/mol. The number of aryl methyl sites for hydroxylation is 1. The van der Waals surface area contributed by atoms with Gasteiger partial charge < -0.3 is 14.4 Å². The summed E-state index contributed by atoms with van der Waals surface area (Å²) in [6, 6.07) is 11.2. The molecule has 6 heteroatoms. The molecule has 0 aliphatic carbocycles. The standard InChI is InChI=1S/C21H27FN4O/c1-23-10-2-4-19(23)20-5-3-11-26(20)16-21(27)25-14-12-24(13-15-25)18-8-6-17(22)7-9-18/h2,4,6-10,20H,3,5,11-16H2,1H3/t20-/m1/s1. The van der Waals surface area contributed by atoms with Crippen LogP contribution in [0.2, 0.25) is 0 Å². The van der Waals surface area contributed by atoms with Gasteiger partial charge in [0.25, 0.3) is 0 Å². The summed E-state index contributed by atoms with van der Waals surface area (Å²) in [6.07, 6.45) is 4.33. The highest BCUT2D eigenvalue weighted by atomic mass is 19.1. The topological polar surface area (TPSA) is 31.7 Å². The van der Waals surface area contributed by atoms with Crippen LogP contribution in [0.25, 0.3) is 0 Å². The normalized spacial score (nSPS) is 21.0. The van der Waals surface area contributed by atoms with Crippen molar-refractivity contribution in [2.75, 3.05) is 44.2 Å². The van der Waals surface area contributed by atoms with Gasteiger partial charge >= 0.3 is 0 Å². The van der Waals surface area contributed by atoms with E-state index in [9.17, 15) is 9.18 Å². The third-order valence-corrected chi connectivity index (χ3v) is 5.85. The minimum Gasteiger partial charge on any atom is -0.368 e. The predicted molar refractivity (Wildman–Crippen MR) is 104 cm³/mol. The van der Waals surface area contributed by atoms with Gasteiger partial charge in [-0.2, -0.15) is 0 Å². The Morgan fingerprint density at radius 2 is 1.81 bits per heavy atom. The Hall–Kier alpha value is -2.34. The van der Waals surface area contributed by atoms with Crippen LogP contribution in [-0.4, -0.2) is 59.5 Å². The van der Waals surface area contributed by atoms with Gasteiger partial charge in [-0.3, -0.25) is 9.69 Å². The molecule has 0 spiro atoms. The van der Waals surface area contributed by atoms with Crippen molar-refractivity contribution >= 4 is 11.6 Å². The highest BCUT2D eigenvalue weighted by molar-refractivity contribution is 5.78. The maximum absolute atomic E-state index is 13.1. The number of rotatable bonds is 4. The number of likely N-dealkylation sites (tertiary alicyclic amines) is 1. The summed E-state index contributed by atoms with van der Waals surface area (Å²) in [7, 11) is 2.07. The number of nitrogens with zero attached hydrogens (tertiary/aromatic N) is 4. The summed E-state index contributed by atoms with van der Waals surface area (Å²) < 4.78 is 15.3. The second-order valence-corrected chi connectivity index (χ2v) is 7.52. The third kappa shape index (κ3) is 3.86. The predicted octanol–water partition coefficient (Wildman–Crippen LogP) is 2.65. The van der Waals surface area contributed by atoms with Gasteiger partial charge in [0, 0.05) is 50.8 Å². The molecule has 2 aromatic rings. The van der Waals surface area contributed by atoms with Gasteiger partial charge in [0.2, 0.25) is 5.91 Å². The van der Waals surface area contributed by atoms with Crippen LogP contribution < -0.4 is 4.90 Å². The second-order valence-electron chi connectivity index (χ2n) is 7.52. The summed E-state index contributed by atoms with van der Waals surface area (Å²) in [4.78, 5) is 19.4. The molecule has 1 aromatic heterocycles. The van der Waals surface area contributed by atoms with Crippen molar-refractivity contribution in [3.8, 4) is 0 Å². The lowest BCUT2D eigenvalue weighted by atomic mass is 10.1. The van der Waals surface area contributed by atoms with E-state index in [1.165, 1.54) is 17.8 Å². The Morgan fingerprint density at radius 3 is 2.48 bits per heavy atom. The first-order valence-corrected chi connectivity index (χ1v) is 9.75. The minimum atomic E-state index is -0.217. The monoisotopic (exact) mass is 370 g/mol. The van der Waals surface area contributed by atoms with Gasteiger partial charge in [-0.1, -0.05) is 0 Å². The van der Waals surface area contributed by atoms with Crippen molar-refractivity contribution in [1.82, 2.24) is 14.4 Å². The smallest absolute Gasteiger partial charge is 0.236 e. The number of halogens is 1. The molecule has 2 saturated heterocycles. The Bertz CT molecular complexity index is 780.